The average Bonchev–Trinajstić information content (AvgIpc) is 2.77. The molecule has 1 heterocycles. The smallest absolute Gasteiger partial charge is 0.273 e. The quantitative estimate of drug-likeness (QED) is 0.503. The molecule has 0 N–H and O–H groups in total. The molecule has 0 spiro atoms. The standard InChI is InChI=1S/C21H22N4O5S/c1-17(26)25(21(27)12-7-18-5-3-2-4-6-18)31(28,29)20-10-8-19(9-11-20)22-23-24-13-15-30-16-14-24/h2-12H,13-16H2,1H3. The molecule has 1 fully saturated rings. The molecule has 0 bridgehead atoms. The number of rotatable bonds is 6. The maximum atomic E-state index is 12.9. The van der Waals surface area contributed by atoms with E-state index in [-0.39, 0.29) is 9.20 Å². The largest absolute Gasteiger partial charge is 0.378 e. The molecule has 0 aromatic heterocycles. The molecule has 1 saturated heterocycles. The maximum absolute atomic E-state index is 12.9. The molecule has 0 atom stereocenters. The summed E-state index contributed by atoms with van der Waals surface area (Å²) in [6, 6.07) is 14.4. The van der Waals surface area contributed by atoms with Crippen LogP contribution in [0.4, 0.5) is 5.69 Å². The van der Waals surface area contributed by atoms with Crippen molar-refractivity contribution in [2.45, 2.75) is 11.8 Å². The summed E-state index contributed by atoms with van der Waals surface area (Å²) in [7, 11) is -4.37. The van der Waals surface area contributed by atoms with Crippen LogP contribution in [0.2, 0.25) is 0 Å². The van der Waals surface area contributed by atoms with Crippen LogP contribution in [0.5, 0.6) is 0 Å². The number of sulfonamides is 1. The van der Waals surface area contributed by atoms with Crippen molar-refractivity contribution in [1.82, 2.24) is 9.31 Å². The van der Waals surface area contributed by atoms with Crippen LogP contribution in [0.25, 0.3) is 6.08 Å². The van der Waals surface area contributed by atoms with E-state index in [4.69, 9.17) is 4.74 Å². The highest BCUT2D eigenvalue weighted by Crippen LogP contribution is 2.21. The SMILES string of the molecule is CC(=O)N(C(=O)C=Cc1ccccc1)S(=O)(=O)c1ccc(N=NN2CCOCC2)cc1. The molecule has 2 amide bonds. The highest BCUT2D eigenvalue weighted by atomic mass is 32.2. The number of nitrogens with zero attached hydrogens (tertiary/aromatic N) is 4. The summed E-state index contributed by atoms with van der Waals surface area (Å²) in [6.45, 7) is 3.43. The van der Waals surface area contributed by atoms with E-state index in [9.17, 15) is 18.0 Å². The second-order valence-corrected chi connectivity index (χ2v) is 8.41. The number of carbonyl (C=O) groups is 2. The molecule has 0 saturated carbocycles. The third-order valence-corrected chi connectivity index (χ3v) is 6.14. The Morgan fingerprint density at radius 2 is 1.68 bits per heavy atom. The van der Waals surface area contributed by atoms with Gasteiger partial charge in [-0.1, -0.05) is 35.6 Å². The fraction of sp³-hybridized carbons (Fsp3) is 0.238. The summed E-state index contributed by atoms with van der Waals surface area (Å²) in [5.41, 5.74) is 1.14. The van der Waals surface area contributed by atoms with Crippen molar-refractivity contribution in [1.29, 1.82) is 0 Å². The fourth-order valence-corrected chi connectivity index (χ4v) is 4.12. The van der Waals surface area contributed by atoms with E-state index in [0.29, 0.717) is 37.6 Å². The molecular weight excluding hydrogens is 420 g/mol. The molecule has 2 aromatic carbocycles. The first-order valence-electron chi connectivity index (χ1n) is 9.55. The Balaban J connectivity index is 1.77. The number of amides is 2. The Hall–Kier alpha value is -3.37. The van der Waals surface area contributed by atoms with Crippen LogP contribution < -0.4 is 0 Å². The van der Waals surface area contributed by atoms with Crippen molar-refractivity contribution in [3.05, 3.63) is 66.2 Å². The molecule has 0 unspecified atom stereocenters. The van der Waals surface area contributed by atoms with Gasteiger partial charge < -0.3 is 4.74 Å². The molecule has 1 aliphatic rings. The molecular formula is C21H22N4O5S. The van der Waals surface area contributed by atoms with Crippen LogP contribution in [-0.2, 0) is 24.3 Å². The first kappa shape index (κ1) is 22.3. The van der Waals surface area contributed by atoms with Gasteiger partial charge in [0.1, 0.15) is 0 Å². The maximum Gasteiger partial charge on any atom is 0.273 e. The van der Waals surface area contributed by atoms with Crippen LogP contribution in [0.3, 0.4) is 0 Å². The number of morpholine rings is 1. The first-order chi connectivity index (χ1) is 14.9. The highest BCUT2D eigenvalue weighted by Gasteiger charge is 2.31. The topological polar surface area (TPSA) is 109 Å². The Morgan fingerprint density at radius 3 is 2.29 bits per heavy atom. The second-order valence-electron chi connectivity index (χ2n) is 6.62. The summed E-state index contributed by atoms with van der Waals surface area (Å²) in [5.74, 6) is -1.86. The summed E-state index contributed by atoms with van der Waals surface area (Å²) in [6.07, 6.45) is 2.50. The summed E-state index contributed by atoms with van der Waals surface area (Å²) in [4.78, 5) is 24.3. The Bertz CT molecular complexity index is 1080. The van der Waals surface area contributed by atoms with Crippen LogP contribution in [0.15, 0.2) is 75.9 Å². The third kappa shape index (κ3) is 5.83. The lowest BCUT2D eigenvalue weighted by Gasteiger charge is -2.22. The van der Waals surface area contributed by atoms with E-state index in [0.717, 1.165) is 13.0 Å². The molecule has 10 heteroatoms. The van der Waals surface area contributed by atoms with Gasteiger partial charge in [0, 0.05) is 13.0 Å². The summed E-state index contributed by atoms with van der Waals surface area (Å²) >= 11 is 0. The van der Waals surface area contributed by atoms with Gasteiger partial charge in [0.25, 0.3) is 15.9 Å². The van der Waals surface area contributed by atoms with Crippen molar-refractivity contribution in [3.63, 3.8) is 0 Å². The minimum absolute atomic E-state index is 0.200. The van der Waals surface area contributed by atoms with Crippen molar-refractivity contribution >= 4 is 33.6 Å². The van der Waals surface area contributed by atoms with E-state index in [1.165, 1.54) is 30.3 Å². The number of carbonyl (C=O) groups excluding carboxylic acids is 2. The zero-order valence-corrected chi connectivity index (χ0v) is 17.7. The number of ether oxygens (including phenoxy) is 1. The zero-order chi connectivity index (χ0) is 22.3. The normalized spacial score (nSPS) is 14.8. The van der Waals surface area contributed by atoms with Crippen molar-refractivity contribution < 1.29 is 22.7 Å². The van der Waals surface area contributed by atoms with Gasteiger partial charge >= 0.3 is 0 Å². The molecule has 0 aliphatic carbocycles. The van der Waals surface area contributed by atoms with Crippen LogP contribution in [0, 0.1) is 0 Å². The van der Waals surface area contributed by atoms with E-state index < -0.39 is 21.8 Å². The predicted octanol–water partition coefficient (Wildman–Crippen LogP) is 2.79. The molecule has 2 aromatic rings. The van der Waals surface area contributed by atoms with E-state index in [1.54, 1.807) is 29.3 Å². The molecule has 3 rings (SSSR count). The predicted molar refractivity (Wildman–Crippen MR) is 114 cm³/mol. The van der Waals surface area contributed by atoms with Gasteiger partial charge in [-0.25, -0.2) is 8.42 Å². The van der Waals surface area contributed by atoms with Crippen LogP contribution in [0.1, 0.15) is 12.5 Å². The molecule has 9 nitrogen and oxygen atoms in total. The van der Waals surface area contributed by atoms with Crippen molar-refractivity contribution in [2.24, 2.45) is 10.3 Å². The highest BCUT2D eigenvalue weighted by molar-refractivity contribution is 7.90. The first-order valence-corrected chi connectivity index (χ1v) is 11.0. The fourth-order valence-electron chi connectivity index (χ4n) is 2.79. The number of hydrogen-bond acceptors (Lipinski definition) is 7. The van der Waals surface area contributed by atoms with Gasteiger partial charge in [0.05, 0.1) is 36.9 Å². The lowest BCUT2D eigenvalue weighted by molar-refractivity contribution is -0.134. The van der Waals surface area contributed by atoms with E-state index in [1.807, 2.05) is 6.07 Å². The average molecular weight is 442 g/mol. The molecule has 31 heavy (non-hydrogen) atoms. The Kier molecular flexibility index (Phi) is 7.27. The molecule has 1 aliphatic heterocycles. The lowest BCUT2D eigenvalue weighted by atomic mass is 10.2. The van der Waals surface area contributed by atoms with Gasteiger partial charge in [-0.05, 0) is 35.9 Å². The van der Waals surface area contributed by atoms with Gasteiger partial charge in [-0.3, -0.25) is 14.6 Å². The van der Waals surface area contributed by atoms with E-state index in [2.05, 4.69) is 10.3 Å². The minimum atomic E-state index is -4.37. The number of hydrogen-bond donors (Lipinski definition) is 0. The van der Waals surface area contributed by atoms with Gasteiger partial charge in [-0.2, -0.15) is 4.31 Å². The second kappa shape index (κ2) is 10.1. The summed E-state index contributed by atoms with van der Waals surface area (Å²) < 4.78 is 31.3. The Morgan fingerprint density at radius 1 is 1.03 bits per heavy atom. The Labute approximate surface area is 180 Å². The molecule has 162 valence electrons. The number of imide groups is 1. The summed E-state index contributed by atoms with van der Waals surface area (Å²) in [5, 5.41) is 9.92. The lowest BCUT2D eigenvalue weighted by Crippen LogP contribution is -2.39. The monoisotopic (exact) mass is 442 g/mol. The van der Waals surface area contributed by atoms with Gasteiger partial charge in [0.15, 0.2) is 0 Å². The van der Waals surface area contributed by atoms with Crippen molar-refractivity contribution in [3.8, 4) is 0 Å². The third-order valence-electron chi connectivity index (χ3n) is 4.35. The zero-order valence-electron chi connectivity index (χ0n) is 16.9. The number of benzene rings is 2. The van der Waals surface area contributed by atoms with Gasteiger partial charge in [-0.15, -0.1) is 5.11 Å². The van der Waals surface area contributed by atoms with Gasteiger partial charge in [0.2, 0.25) is 5.91 Å². The van der Waals surface area contributed by atoms with E-state index >= 15 is 0 Å². The van der Waals surface area contributed by atoms with Crippen molar-refractivity contribution in [2.75, 3.05) is 26.3 Å². The van der Waals surface area contributed by atoms with Crippen LogP contribution in [-0.4, -0.2) is 55.8 Å². The molecule has 0 radical (unpaired) electrons. The van der Waals surface area contributed by atoms with Crippen LogP contribution >= 0.6 is 0 Å². The minimum Gasteiger partial charge on any atom is -0.378 e.